The van der Waals surface area contributed by atoms with Crippen molar-refractivity contribution in [3.8, 4) is 5.75 Å². The molecule has 1 aliphatic rings. The van der Waals surface area contributed by atoms with Crippen molar-refractivity contribution in [3.05, 3.63) is 76.6 Å². The van der Waals surface area contributed by atoms with Gasteiger partial charge in [0.25, 0.3) is 5.91 Å². The predicted octanol–water partition coefficient (Wildman–Crippen LogP) is 3.88. The minimum absolute atomic E-state index is 0.161. The number of amides is 1. The smallest absolute Gasteiger partial charge is 0.251 e. The fourth-order valence-corrected chi connectivity index (χ4v) is 4.46. The molecule has 4 rings (SSSR count). The van der Waals surface area contributed by atoms with E-state index in [2.05, 4.69) is 40.0 Å². The van der Waals surface area contributed by atoms with Gasteiger partial charge in [-0.1, -0.05) is 24.3 Å². The summed E-state index contributed by atoms with van der Waals surface area (Å²) in [5.41, 5.74) is 7.24. The van der Waals surface area contributed by atoms with Crippen molar-refractivity contribution in [1.82, 2.24) is 25.5 Å². The van der Waals surface area contributed by atoms with E-state index in [1.54, 1.807) is 25.3 Å². The van der Waals surface area contributed by atoms with Crippen LogP contribution in [0.4, 0.5) is 11.6 Å². The average Bonchev–Trinajstić information content (AvgIpc) is 2.91. The Bertz CT molecular complexity index is 1380. The first-order valence-corrected chi connectivity index (χ1v) is 12.6. The van der Waals surface area contributed by atoms with E-state index in [-0.39, 0.29) is 5.91 Å². The zero-order chi connectivity index (χ0) is 27.2. The van der Waals surface area contributed by atoms with Gasteiger partial charge in [0.2, 0.25) is 5.95 Å². The highest BCUT2D eigenvalue weighted by Crippen LogP contribution is 2.34. The molecule has 9 nitrogen and oxygen atoms in total. The number of nitrogens with zero attached hydrogens (tertiary/aromatic N) is 3. The van der Waals surface area contributed by atoms with Crippen LogP contribution in [0.5, 0.6) is 5.75 Å². The van der Waals surface area contributed by atoms with Gasteiger partial charge in [0.05, 0.1) is 24.2 Å². The number of hydrogen-bond donors (Lipinski definition) is 4. The maximum Gasteiger partial charge on any atom is 0.251 e. The van der Waals surface area contributed by atoms with Crippen LogP contribution in [0, 0.1) is 12.3 Å². The lowest BCUT2D eigenvalue weighted by atomic mass is 9.87. The molecule has 9 heteroatoms. The molecular formula is C29H35N7O2. The first-order chi connectivity index (χ1) is 18.3. The van der Waals surface area contributed by atoms with E-state index in [1.807, 2.05) is 44.4 Å². The second-order valence-electron chi connectivity index (χ2n) is 9.46. The Morgan fingerprint density at radius 3 is 2.66 bits per heavy atom. The van der Waals surface area contributed by atoms with E-state index in [0.717, 1.165) is 40.2 Å². The standard InChI is InChI=1S/C29H35N7O2/c1-18-8-6-7-9-21(18)27(31-2)25-22(30)12-10-20-17-33-29(35-26(20)25)34-23-13-11-19(16-24(23)38-5)28(37)32-14-15-36(3)4/h6-9,11,13,16-17,30-31H,10,12,14-15H2,1-5H3,(H,32,37)(H,33,34,35)/b27-25+,30-22?. The van der Waals surface area contributed by atoms with E-state index in [9.17, 15) is 4.79 Å². The zero-order valence-electron chi connectivity index (χ0n) is 22.6. The van der Waals surface area contributed by atoms with E-state index in [1.165, 1.54) is 0 Å². The van der Waals surface area contributed by atoms with Crippen LogP contribution in [0.25, 0.3) is 11.3 Å². The van der Waals surface area contributed by atoms with Crippen LogP contribution in [-0.4, -0.2) is 67.8 Å². The van der Waals surface area contributed by atoms with Crippen LogP contribution >= 0.6 is 0 Å². The van der Waals surface area contributed by atoms with Crippen LogP contribution < -0.4 is 20.7 Å². The Kier molecular flexibility index (Phi) is 8.38. The van der Waals surface area contributed by atoms with Gasteiger partial charge in [0.15, 0.2) is 0 Å². The molecule has 1 aromatic heterocycles. The van der Waals surface area contributed by atoms with Gasteiger partial charge in [-0.3, -0.25) is 4.79 Å². The molecule has 0 unspecified atom stereocenters. The van der Waals surface area contributed by atoms with Gasteiger partial charge in [-0.15, -0.1) is 0 Å². The molecule has 3 aromatic rings. The number of carbonyl (C=O) groups excluding carboxylic acids is 1. The summed E-state index contributed by atoms with van der Waals surface area (Å²) in [5.74, 6) is 0.731. The second-order valence-corrected chi connectivity index (χ2v) is 9.46. The molecule has 1 heterocycles. The van der Waals surface area contributed by atoms with E-state index < -0.39 is 0 Å². The second kappa shape index (κ2) is 11.9. The molecule has 0 spiro atoms. The number of nitrogens with one attached hydrogen (secondary N) is 4. The summed E-state index contributed by atoms with van der Waals surface area (Å²) in [6.07, 6.45) is 3.16. The van der Waals surface area contributed by atoms with Gasteiger partial charge in [0, 0.05) is 48.7 Å². The van der Waals surface area contributed by atoms with Crippen molar-refractivity contribution in [3.63, 3.8) is 0 Å². The topological polar surface area (TPSA) is 115 Å². The highest BCUT2D eigenvalue weighted by atomic mass is 16.5. The van der Waals surface area contributed by atoms with Crippen molar-refractivity contribution in [2.24, 2.45) is 0 Å². The molecule has 0 radical (unpaired) electrons. The van der Waals surface area contributed by atoms with Crippen LogP contribution in [0.15, 0.2) is 48.7 Å². The van der Waals surface area contributed by atoms with Gasteiger partial charge >= 0.3 is 0 Å². The number of rotatable bonds is 9. The monoisotopic (exact) mass is 513 g/mol. The van der Waals surface area contributed by atoms with Crippen LogP contribution in [0.2, 0.25) is 0 Å². The molecule has 0 saturated heterocycles. The Balaban J connectivity index is 1.66. The number of anilines is 2. The van der Waals surface area contributed by atoms with Crippen LogP contribution in [-0.2, 0) is 6.42 Å². The van der Waals surface area contributed by atoms with Crippen molar-refractivity contribution < 1.29 is 9.53 Å². The minimum atomic E-state index is -0.161. The van der Waals surface area contributed by atoms with Gasteiger partial charge in [-0.05, 0) is 63.2 Å². The Hall–Kier alpha value is -4.24. The molecule has 0 atom stereocenters. The SMILES string of the molecule is CN/C(=C1\C(=N)CCc2cnc(Nc3ccc(C(=O)NCCN(C)C)cc3OC)nc21)c1ccccc1C. The van der Waals surface area contributed by atoms with Gasteiger partial charge in [-0.25, -0.2) is 9.97 Å². The van der Waals surface area contributed by atoms with Crippen molar-refractivity contribution in [1.29, 1.82) is 5.41 Å². The number of ether oxygens (including phenoxy) is 1. The van der Waals surface area contributed by atoms with Gasteiger partial charge < -0.3 is 31.0 Å². The number of likely N-dealkylation sites (N-methyl/N-ethyl adjacent to an activating group) is 1. The molecule has 0 aliphatic heterocycles. The third-order valence-electron chi connectivity index (χ3n) is 6.52. The molecular weight excluding hydrogens is 478 g/mol. The first kappa shape index (κ1) is 26.8. The number of hydrogen-bond acceptors (Lipinski definition) is 8. The number of fused-ring (bicyclic) bond motifs is 1. The summed E-state index contributed by atoms with van der Waals surface area (Å²) in [7, 11) is 7.36. The average molecular weight is 514 g/mol. The number of aromatic nitrogens is 2. The van der Waals surface area contributed by atoms with Crippen LogP contribution in [0.3, 0.4) is 0 Å². The largest absolute Gasteiger partial charge is 0.495 e. The molecule has 198 valence electrons. The summed E-state index contributed by atoms with van der Waals surface area (Å²) in [5, 5.41) is 18.3. The normalized spacial score (nSPS) is 14.1. The summed E-state index contributed by atoms with van der Waals surface area (Å²) in [6.45, 7) is 3.37. The first-order valence-electron chi connectivity index (χ1n) is 12.6. The number of aryl methyl sites for hydroxylation is 2. The summed E-state index contributed by atoms with van der Waals surface area (Å²) in [6, 6.07) is 13.3. The Morgan fingerprint density at radius 2 is 1.95 bits per heavy atom. The molecule has 4 N–H and O–H groups in total. The molecule has 0 bridgehead atoms. The maximum absolute atomic E-state index is 12.6. The third kappa shape index (κ3) is 5.84. The lowest BCUT2D eigenvalue weighted by molar-refractivity contribution is 0.0950. The van der Waals surface area contributed by atoms with Gasteiger partial charge in [0.1, 0.15) is 5.75 Å². The number of benzene rings is 2. The Morgan fingerprint density at radius 1 is 1.16 bits per heavy atom. The lowest BCUT2D eigenvalue weighted by Crippen LogP contribution is -2.31. The minimum Gasteiger partial charge on any atom is -0.495 e. The molecule has 1 amide bonds. The quantitative estimate of drug-likeness (QED) is 0.343. The zero-order valence-corrected chi connectivity index (χ0v) is 22.6. The molecule has 2 aromatic carbocycles. The van der Waals surface area contributed by atoms with E-state index in [0.29, 0.717) is 48.0 Å². The molecule has 38 heavy (non-hydrogen) atoms. The van der Waals surface area contributed by atoms with Crippen LogP contribution in [0.1, 0.15) is 39.2 Å². The highest BCUT2D eigenvalue weighted by Gasteiger charge is 2.26. The molecule has 0 saturated carbocycles. The number of methoxy groups -OCH3 is 1. The predicted molar refractivity (Wildman–Crippen MR) is 152 cm³/mol. The summed E-state index contributed by atoms with van der Waals surface area (Å²) in [4.78, 5) is 24.0. The third-order valence-corrected chi connectivity index (χ3v) is 6.52. The lowest BCUT2D eigenvalue weighted by Gasteiger charge is -2.24. The number of allylic oxidation sites excluding steroid dienone is 1. The molecule has 1 aliphatic carbocycles. The maximum atomic E-state index is 12.6. The summed E-state index contributed by atoms with van der Waals surface area (Å²) >= 11 is 0. The number of carbonyl (C=O) groups is 1. The Labute approximate surface area is 223 Å². The fourth-order valence-electron chi connectivity index (χ4n) is 4.46. The van der Waals surface area contributed by atoms with Crippen molar-refractivity contribution in [2.45, 2.75) is 19.8 Å². The highest BCUT2D eigenvalue weighted by molar-refractivity contribution is 6.29. The van der Waals surface area contributed by atoms with E-state index >= 15 is 0 Å². The van der Waals surface area contributed by atoms with Crippen molar-refractivity contribution in [2.75, 3.05) is 46.7 Å². The molecule has 0 fully saturated rings. The van der Waals surface area contributed by atoms with Gasteiger partial charge in [-0.2, -0.15) is 0 Å². The fraction of sp³-hybridized carbons (Fsp3) is 0.310. The van der Waals surface area contributed by atoms with Crippen molar-refractivity contribution >= 4 is 34.5 Å². The summed E-state index contributed by atoms with van der Waals surface area (Å²) < 4.78 is 5.57. The van der Waals surface area contributed by atoms with E-state index in [4.69, 9.17) is 15.1 Å².